The van der Waals surface area contributed by atoms with Crippen LogP contribution in [0.2, 0.25) is 0 Å². The molecule has 0 atom stereocenters. The molecule has 0 spiro atoms. The highest BCUT2D eigenvalue weighted by molar-refractivity contribution is 7.19. The lowest BCUT2D eigenvalue weighted by molar-refractivity contribution is -0.120. The van der Waals surface area contributed by atoms with E-state index in [0.717, 1.165) is 19.3 Å². The van der Waals surface area contributed by atoms with Crippen molar-refractivity contribution in [2.75, 3.05) is 36.5 Å². The maximum Gasteiger partial charge on any atom is 0.239 e. The lowest BCUT2D eigenvalue weighted by atomic mass is 10.1. The molecule has 1 aromatic heterocycles. The summed E-state index contributed by atoms with van der Waals surface area (Å²) in [6.45, 7) is 1.49. The largest absolute Gasteiger partial charge is 0.354 e. The second-order valence-corrected chi connectivity index (χ2v) is 7.25. The molecule has 0 aliphatic carbocycles. The minimum absolute atomic E-state index is 0.0609. The molecule has 0 bridgehead atoms. The van der Waals surface area contributed by atoms with Crippen LogP contribution in [0.25, 0.3) is 0 Å². The van der Waals surface area contributed by atoms with Gasteiger partial charge in [0.15, 0.2) is 0 Å². The zero-order valence-electron chi connectivity index (χ0n) is 14.9. The monoisotopic (exact) mass is 373 g/mol. The highest BCUT2D eigenvalue weighted by Crippen LogP contribution is 2.28. The summed E-state index contributed by atoms with van der Waals surface area (Å²) in [6.07, 6.45) is 3.29. The molecule has 3 rings (SSSR count). The molecular weight excluding hydrogens is 350 g/mol. The first-order valence-electron chi connectivity index (χ1n) is 8.79. The van der Waals surface area contributed by atoms with Gasteiger partial charge < -0.3 is 10.2 Å². The molecule has 1 saturated heterocycles. The molecule has 1 fully saturated rings. The van der Waals surface area contributed by atoms with Crippen molar-refractivity contribution >= 4 is 33.4 Å². The summed E-state index contributed by atoms with van der Waals surface area (Å²) in [7, 11) is 1.80. The maximum atomic E-state index is 12.1. The molecule has 8 heteroatoms. The quantitative estimate of drug-likeness (QED) is 0.801. The average Bonchev–Trinajstić information content (AvgIpc) is 3.13. The van der Waals surface area contributed by atoms with Crippen molar-refractivity contribution in [1.82, 2.24) is 15.5 Å². The topological polar surface area (TPSA) is 78.4 Å². The van der Waals surface area contributed by atoms with Gasteiger partial charge in [-0.15, -0.1) is 10.2 Å². The second kappa shape index (κ2) is 8.75. The van der Waals surface area contributed by atoms with Gasteiger partial charge in [-0.2, -0.15) is 0 Å². The van der Waals surface area contributed by atoms with Gasteiger partial charge in [-0.1, -0.05) is 41.7 Å². The summed E-state index contributed by atoms with van der Waals surface area (Å²) in [5.74, 6) is 0.0366. The van der Waals surface area contributed by atoms with Crippen molar-refractivity contribution in [3.63, 3.8) is 0 Å². The molecule has 0 saturated carbocycles. The van der Waals surface area contributed by atoms with Gasteiger partial charge >= 0.3 is 0 Å². The van der Waals surface area contributed by atoms with E-state index in [0.29, 0.717) is 29.8 Å². The summed E-state index contributed by atoms with van der Waals surface area (Å²) in [6, 6.07) is 10.0. The number of nitrogens with zero attached hydrogens (tertiary/aromatic N) is 4. The number of hydrogen-bond acceptors (Lipinski definition) is 6. The average molecular weight is 373 g/mol. The predicted molar refractivity (Wildman–Crippen MR) is 103 cm³/mol. The molecule has 0 radical (unpaired) electrons. The molecule has 2 aromatic rings. The fourth-order valence-electron chi connectivity index (χ4n) is 2.81. The van der Waals surface area contributed by atoms with Crippen LogP contribution in [0.15, 0.2) is 30.3 Å². The number of piperidine rings is 1. The molecule has 1 aromatic carbocycles. The van der Waals surface area contributed by atoms with Crippen LogP contribution in [0.1, 0.15) is 24.8 Å². The number of likely N-dealkylation sites (N-methyl/N-ethyl adjacent to an activating group) is 1. The van der Waals surface area contributed by atoms with Gasteiger partial charge in [0.05, 0.1) is 6.54 Å². The van der Waals surface area contributed by atoms with Crippen molar-refractivity contribution in [2.45, 2.75) is 25.7 Å². The minimum atomic E-state index is -0.0609. The van der Waals surface area contributed by atoms with Crippen molar-refractivity contribution in [3.05, 3.63) is 35.9 Å². The normalized spacial score (nSPS) is 14.3. The van der Waals surface area contributed by atoms with Crippen LogP contribution in [-0.4, -0.2) is 48.7 Å². The number of amides is 2. The molecule has 2 heterocycles. The molecule has 0 unspecified atom stereocenters. The van der Waals surface area contributed by atoms with Crippen LogP contribution >= 0.6 is 11.3 Å². The molecule has 26 heavy (non-hydrogen) atoms. The van der Waals surface area contributed by atoms with Gasteiger partial charge in [-0.3, -0.25) is 14.5 Å². The van der Waals surface area contributed by atoms with Gasteiger partial charge in [0.1, 0.15) is 0 Å². The third kappa shape index (κ3) is 4.78. The Balaban J connectivity index is 1.47. The Morgan fingerprint density at radius 2 is 2.08 bits per heavy atom. The number of anilines is 2. The van der Waals surface area contributed by atoms with Crippen molar-refractivity contribution < 1.29 is 9.59 Å². The number of carbonyl (C=O) groups excluding carboxylic acids is 2. The van der Waals surface area contributed by atoms with Crippen LogP contribution in [0.3, 0.4) is 0 Å². The third-order valence-electron chi connectivity index (χ3n) is 4.24. The van der Waals surface area contributed by atoms with Gasteiger partial charge in [0.2, 0.25) is 22.1 Å². The highest BCUT2D eigenvalue weighted by atomic mass is 32.1. The zero-order valence-corrected chi connectivity index (χ0v) is 15.7. The number of carbonyl (C=O) groups is 2. The number of rotatable bonds is 7. The Hall–Kier alpha value is -2.48. The van der Waals surface area contributed by atoms with Crippen molar-refractivity contribution in [3.8, 4) is 0 Å². The molecule has 7 nitrogen and oxygen atoms in total. The van der Waals surface area contributed by atoms with E-state index >= 15 is 0 Å². The van der Waals surface area contributed by atoms with E-state index in [4.69, 9.17) is 0 Å². The Morgan fingerprint density at radius 1 is 1.27 bits per heavy atom. The molecule has 2 amide bonds. The van der Waals surface area contributed by atoms with Crippen LogP contribution in [0, 0.1) is 0 Å². The van der Waals surface area contributed by atoms with Gasteiger partial charge in [-0.05, 0) is 24.8 Å². The molecular formula is C18H23N5O2S. The minimum Gasteiger partial charge on any atom is -0.354 e. The van der Waals surface area contributed by atoms with E-state index in [1.807, 2.05) is 30.3 Å². The Labute approximate surface area is 157 Å². The van der Waals surface area contributed by atoms with E-state index in [-0.39, 0.29) is 18.4 Å². The van der Waals surface area contributed by atoms with E-state index in [1.165, 1.54) is 16.9 Å². The Bertz CT molecular complexity index is 749. The van der Waals surface area contributed by atoms with Crippen molar-refractivity contribution in [2.24, 2.45) is 0 Å². The van der Waals surface area contributed by atoms with Gasteiger partial charge in [0, 0.05) is 26.6 Å². The Kier molecular flexibility index (Phi) is 6.17. The zero-order chi connectivity index (χ0) is 18.4. The van der Waals surface area contributed by atoms with E-state index in [2.05, 4.69) is 15.5 Å². The van der Waals surface area contributed by atoms with E-state index in [9.17, 15) is 9.59 Å². The molecule has 1 aliphatic heterocycles. The lowest BCUT2D eigenvalue weighted by Crippen LogP contribution is -2.36. The predicted octanol–water partition coefficient (Wildman–Crippen LogP) is 1.85. The van der Waals surface area contributed by atoms with E-state index < -0.39 is 0 Å². The van der Waals surface area contributed by atoms with Gasteiger partial charge in [-0.25, -0.2) is 0 Å². The first-order chi connectivity index (χ1) is 12.6. The second-order valence-electron chi connectivity index (χ2n) is 6.31. The standard InChI is InChI=1S/C18H23N5O2S/c1-22(13-15(24)19-11-10-14-7-3-2-4-8-14)17-20-21-18(26-17)23-12-6-5-9-16(23)25/h2-4,7-8H,5-6,9-13H2,1H3,(H,19,24). The van der Waals surface area contributed by atoms with Crippen LogP contribution < -0.4 is 15.1 Å². The van der Waals surface area contributed by atoms with Crippen LogP contribution in [0.4, 0.5) is 10.3 Å². The molecule has 1 aliphatic rings. The first-order valence-corrected chi connectivity index (χ1v) is 9.61. The van der Waals surface area contributed by atoms with Crippen LogP contribution in [-0.2, 0) is 16.0 Å². The molecule has 1 N–H and O–H groups in total. The fraction of sp³-hybridized carbons (Fsp3) is 0.444. The van der Waals surface area contributed by atoms with Crippen molar-refractivity contribution in [1.29, 1.82) is 0 Å². The highest BCUT2D eigenvalue weighted by Gasteiger charge is 2.23. The van der Waals surface area contributed by atoms with Gasteiger partial charge in [0.25, 0.3) is 0 Å². The lowest BCUT2D eigenvalue weighted by Gasteiger charge is -2.23. The summed E-state index contributed by atoms with van der Waals surface area (Å²) >= 11 is 1.34. The number of aromatic nitrogens is 2. The number of hydrogen-bond donors (Lipinski definition) is 1. The maximum absolute atomic E-state index is 12.1. The third-order valence-corrected chi connectivity index (χ3v) is 5.30. The first kappa shape index (κ1) is 18.3. The summed E-state index contributed by atoms with van der Waals surface area (Å²) < 4.78 is 0. The SMILES string of the molecule is CN(CC(=O)NCCc1ccccc1)c1nnc(N2CCCCC2=O)s1. The summed E-state index contributed by atoms with van der Waals surface area (Å²) in [4.78, 5) is 27.5. The molecule has 138 valence electrons. The van der Waals surface area contributed by atoms with Crippen LogP contribution in [0.5, 0.6) is 0 Å². The summed E-state index contributed by atoms with van der Waals surface area (Å²) in [5, 5.41) is 12.4. The Morgan fingerprint density at radius 3 is 2.85 bits per heavy atom. The fourth-order valence-corrected chi connectivity index (χ4v) is 3.66. The summed E-state index contributed by atoms with van der Waals surface area (Å²) in [5.41, 5.74) is 1.20. The van der Waals surface area contributed by atoms with E-state index in [1.54, 1.807) is 16.8 Å². The number of benzene rings is 1. The smallest absolute Gasteiger partial charge is 0.239 e. The number of nitrogens with one attached hydrogen (secondary N) is 1.